The minimum absolute atomic E-state index is 0.0304. The molecule has 4 N–H and O–H groups in total. The van der Waals surface area contributed by atoms with Crippen LogP contribution in [0.4, 0.5) is 10.8 Å². The van der Waals surface area contributed by atoms with Crippen molar-refractivity contribution in [2.45, 2.75) is 44.8 Å². The molecule has 3 heterocycles. The summed E-state index contributed by atoms with van der Waals surface area (Å²) in [6.45, 7) is 1.94. The Kier molecular flexibility index (Phi) is 4.86. The molecule has 28 heavy (non-hydrogen) atoms. The zero-order chi connectivity index (χ0) is 19.8. The molecule has 0 spiro atoms. The van der Waals surface area contributed by atoms with Crippen LogP contribution in [-0.4, -0.2) is 34.9 Å². The Labute approximate surface area is 165 Å². The Balaban J connectivity index is 1.49. The summed E-state index contributed by atoms with van der Waals surface area (Å²) in [5, 5.41) is 6.12. The van der Waals surface area contributed by atoms with Crippen molar-refractivity contribution < 1.29 is 19.1 Å². The molecule has 1 aromatic heterocycles. The second kappa shape index (κ2) is 7.33. The van der Waals surface area contributed by atoms with E-state index in [1.54, 1.807) is 0 Å². The molecular formula is C19H20N4O4S. The summed E-state index contributed by atoms with van der Waals surface area (Å²) in [6.07, 6.45) is 0.662. The lowest BCUT2D eigenvalue weighted by Crippen LogP contribution is -2.32. The lowest BCUT2D eigenvalue weighted by Gasteiger charge is -2.17. The zero-order valence-corrected chi connectivity index (χ0v) is 16.1. The van der Waals surface area contributed by atoms with Crippen LogP contribution in [0.5, 0.6) is 0 Å². The number of benzene rings is 1. The van der Waals surface area contributed by atoms with Crippen LogP contribution in [0, 0.1) is 6.92 Å². The van der Waals surface area contributed by atoms with Gasteiger partial charge in [0.2, 0.25) is 11.8 Å². The van der Waals surface area contributed by atoms with E-state index in [2.05, 4.69) is 15.6 Å². The molecular weight excluding hydrogens is 380 g/mol. The van der Waals surface area contributed by atoms with Crippen molar-refractivity contribution in [3.8, 4) is 11.3 Å². The predicted molar refractivity (Wildman–Crippen MR) is 105 cm³/mol. The van der Waals surface area contributed by atoms with Gasteiger partial charge in [0.15, 0.2) is 5.13 Å². The number of ether oxygens (including phenoxy) is 1. The predicted octanol–water partition coefficient (Wildman–Crippen LogP) is 1.97. The van der Waals surface area contributed by atoms with E-state index < -0.39 is 18.1 Å². The number of nitrogens with one attached hydrogen (secondary N) is 2. The standard InChI is InChI=1S/C19H20N4O4S/c1-9-16(11-2-4-12-10(8-11)3-7-15(24)21-12)22-19(28-9)23-18(26)14-6-5-13(27-14)17(20)25/h2,4,8,13-14H,3,5-7H2,1H3,(H2,20,25)(H,21,24)(H,22,23,26)/t13-,14+/m1/s1. The molecule has 8 nitrogen and oxygen atoms in total. The van der Waals surface area contributed by atoms with Crippen LogP contribution >= 0.6 is 11.3 Å². The minimum Gasteiger partial charge on any atom is -0.367 e. The number of hydrogen-bond acceptors (Lipinski definition) is 6. The molecule has 2 aliphatic rings. The SMILES string of the molecule is Cc1sc(NC(=O)[C@@H]2CC[C@H](C(N)=O)O2)nc1-c1ccc2c(c1)CCC(=O)N2. The molecule has 0 radical (unpaired) electrons. The first-order chi connectivity index (χ1) is 13.4. The fraction of sp³-hybridized carbons (Fsp3) is 0.368. The van der Waals surface area contributed by atoms with Crippen molar-refractivity contribution in [1.82, 2.24) is 4.98 Å². The first-order valence-electron chi connectivity index (χ1n) is 9.07. The van der Waals surface area contributed by atoms with E-state index in [1.165, 1.54) is 11.3 Å². The number of aryl methyl sites for hydroxylation is 2. The summed E-state index contributed by atoms with van der Waals surface area (Å²) in [5.74, 6) is -0.841. The number of primary amides is 1. The van der Waals surface area contributed by atoms with Gasteiger partial charge in [-0.1, -0.05) is 6.07 Å². The van der Waals surface area contributed by atoms with Crippen molar-refractivity contribution >= 4 is 39.9 Å². The Hall–Kier alpha value is -2.78. The smallest absolute Gasteiger partial charge is 0.255 e. The van der Waals surface area contributed by atoms with Gasteiger partial charge >= 0.3 is 0 Å². The van der Waals surface area contributed by atoms with Gasteiger partial charge in [-0.05, 0) is 43.9 Å². The van der Waals surface area contributed by atoms with E-state index in [-0.39, 0.29) is 11.8 Å². The third-order valence-electron chi connectivity index (χ3n) is 4.93. The lowest BCUT2D eigenvalue weighted by molar-refractivity contribution is -0.134. The summed E-state index contributed by atoms with van der Waals surface area (Å²) < 4.78 is 5.41. The van der Waals surface area contributed by atoms with Crippen LogP contribution in [0.3, 0.4) is 0 Å². The van der Waals surface area contributed by atoms with Crippen molar-refractivity contribution in [1.29, 1.82) is 0 Å². The number of anilines is 2. The van der Waals surface area contributed by atoms with Gasteiger partial charge < -0.3 is 15.8 Å². The number of carbonyl (C=O) groups is 3. The van der Waals surface area contributed by atoms with Gasteiger partial charge in [-0.15, -0.1) is 11.3 Å². The van der Waals surface area contributed by atoms with Gasteiger partial charge in [0.1, 0.15) is 12.2 Å². The largest absolute Gasteiger partial charge is 0.367 e. The maximum Gasteiger partial charge on any atom is 0.255 e. The number of aromatic nitrogens is 1. The Morgan fingerprint density at radius 1 is 1.29 bits per heavy atom. The maximum absolute atomic E-state index is 12.4. The number of fused-ring (bicyclic) bond motifs is 1. The fourth-order valence-corrected chi connectivity index (χ4v) is 4.31. The highest BCUT2D eigenvalue weighted by Gasteiger charge is 2.34. The van der Waals surface area contributed by atoms with E-state index in [0.29, 0.717) is 30.8 Å². The van der Waals surface area contributed by atoms with E-state index in [1.807, 2.05) is 25.1 Å². The van der Waals surface area contributed by atoms with Gasteiger partial charge in [0.05, 0.1) is 5.69 Å². The van der Waals surface area contributed by atoms with Gasteiger partial charge in [0, 0.05) is 22.5 Å². The highest BCUT2D eigenvalue weighted by atomic mass is 32.1. The van der Waals surface area contributed by atoms with Crippen LogP contribution < -0.4 is 16.4 Å². The van der Waals surface area contributed by atoms with E-state index >= 15 is 0 Å². The third-order valence-corrected chi connectivity index (χ3v) is 5.82. The zero-order valence-electron chi connectivity index (χ0n) is 15.3. The molecule has 0 aliphatic carbocycles. The maximum atomic E-state index is 12.4. The molecule has 2 atom stereocenters. The first-order valence-corrected chi connectivity index (χ1v) is 9.88. The molecule has 9 heteroatoms. The summed E-state index contributed by atoms with van der Waals surface area (Å²) >= 11 is 1.38. The molecule has 0 bridgehead atoms. The van der Waals surface area contributed by atoms with Gasteiger partial charge in [-0.25, -0.2) is 4.98 Å². The van der Waals surface area contributed by atoms with E-state index in [9.17, 15) is 14.4 Å². The normalized spacial score (nSPS) is 21.1. The molecule has 1 aromatic carbocycles. The number of hydrogen-bond donors (Lipinski definition) is 3. The van der Waals surface area contributed by atoms with Crippen LogP contribution in [0.15, 0.2) is 18.2 Å². The molecule has 4 rings (SSSR count). The van der Waals surface area contributed by atoms with E-state index in [4.69, 9.17) is 10.5 Å². The lowest BCUT2D eigenvalue weighted by atomic mass is 9.99. The highest BCUT2D eigenvalue weighted by Crippen LogP contribution is 2.34. The van der Waals surface area contributed by atoms with Crippen molar-refractivity contribution in [2.75, 3.05) is 10.6 Å². The highest BCUT2D eigenvalue weighted by molar-refractivity contribution is 7.16. The number of amides is 3. The van der Waals surface area contributed by atoms with Gasteiger partial charge in [-0.2, -0.15) is 0 Å². The molecule has 1 fully saturated rings. The number of rotatable bonds is 4. The van der Waals surface area contributed by atoms with Crippen LogP contribution in [0.2, 0.25) is 0 Å². The van der Waals surface area contributed by atoms with Crippen molar-refractivity contribution in [3.05, 3.63) is 28.6 Å². The molecule has 0 saturated carbocycles. The molecule has 1 saturated heterocycles. The van der Waals surface area contributed by atoms with Crippen molar-refractivity contribution in [2.24, 2.45) is 5.73 Å². The van der Waals surface area contributed by atoms with Crippen molar-refractivity contribution in [3.63, 3.8) is 0 Å². The molecule has 2 aliphatic heterocycles. The topological polar surface area (TPSA) is 123 Å². The molecule has 2 aromatic rings. The number of carbonyl (C=O) groups excluding carboxylic acids is 3. The number of thiazole rings is 1. The third kappa shape index (κ3) is 3.63. The average molecular weight is 400 g/mol. The van der Waals surface area contributed by atoms with Crippen LogP contribution in [-0.2, 0) is 25.5 Å². The summed E-state index contributed by atoms with van der Waals surface area (Å²) in [7, 11) is 0. The minimum atomic E-state index is -0.708. The molecule has 146 valence electrons. The quantitative estimate of drug-likeness (QED) is 0.724. The molecule has 0 unspecified atom stereocenters. The number of nitrogens with two attached hydrogens (primary N) is 1. The Bertz CT molecular complexity index is 971. The van der Waals surface area contributed by atoms with Gasteiger partial charge in [-0.3, -0.25) is 19.7 Å². The summed E-state index contributed by atoms with van der Waals surface area (Å²) in [6, 6.07) is 5.82. The summed E-state index contributed by atoms with van der Waals surface area (Å²) in [5.41, 5.74) is 8.87. The monoisotopic (exact) mass is 400 g/mol. The van der Waals surface area contributed by atoms with Gasteiger partial charge in [0.25, 0.3) is 5.91 Å². The second-order valence-corrected chi connectivity index (χ2v) is 8.13. The fourth-order valence-electron chi connectivity index (χ4n) is 3.47. The number of nitrogens with zero attached hydrogens (tertiary/aromatic N) is 1. The van der Waals surface area contributed by atoms with Crippen LogP contribution in [0.25, 0.3) is 11.3 Å². The average Bonchev–Trinajstić information content (AvgIpc) is 3.28. The molecule has 3 amide bonds. The van der Waals surface area contributed by atoms with Crippen LogP contribution in [0.1, 0.15) is 29.7 Å². The Morgan fingerprint density at radius 3 is 2.82 bits per heavy atom. The summed E-state index contributed by atoms with van der Waals surface area (Å²) in [4.78, 5) is 40.6. The second-order valence-electron chi connectivity index (χ2n) is 6.93. The first kappa shape index (κ1) is 18.6. The Morgan fingerprint density at radius 2 is 2.07 bits per heavy atom. The van der Waals surface area contributed by atoms with E-state index in [0.717, 1.165) is 27.4 Å².